The lowest BCUT2D eigenvalue weighted by molar-refractivity contribution is 0.187. The summed E-state index contributed by atoms with van der Waals surface area (Å²) in [6.45, 7) is 1.07. The van der Waals surface area contributed by atoms with E-state index in [1.807, 2.05) is 16.7 Å². The van der Waals surface area contributed by atoms with Crippen molar-refractivity contribution < 1.29 is 4.74 Å². The first-order valence-electron chi connectivity index (χ1n) is 5.71. The van der Waals surface area contributed by atoms with Crippen molar-refractivity contribution in [2.24, 2.45) is 0 Å². The highest BCUT2D eigenvalue weighted by Crippen LogP contribution is 2.21. The fraction of sp³-hybridized carbons (Fsp3) is 0.231. The fourth-order valence-electron chi connectivity index (χ4n) is 1.81. The Morgan fingerprint density at radius 1 is 1.42 bits per heavy atom. The molecule has 6 heteroatoms. The summed E-state index contributed by atoms with van der Waals surface area (Å²) in [5, 5.41) is 0.613. The molecule has 0 radical (unpaired) electrons. The van der Waals surface area contributed by atoms with Crippen molar-refractivity contribution in [3.63, 3.8) is 0 Å². The van der Waals surface area contributed by atoms with Gasteiger partial charge in [-0.3, -0.25) is 9.78 Å². The predicted molar refractivity (Wildman–Crippen MR) is 78.2 cm³/mol. The van der Waals surface area contributed by atoms with E-state index in [1.165, 1.54) is 6.07 Å². The first-order valence-corrected chi connectivity index (χ1v) is 6.49. The second kappa shape index (κ2) is 6.14. The van der Waals surface area contributed by atoms with E-state index in [0.29, 0.717) is 22.9 Å². The van der Waals surface area contributed by atoms with E-state index in [1.54, 1.807) is 19.2 Å². The highest BCUT2D eigenvalue weighted by molar-refractivity contribution is 7.71. The van der Waals surface area contributed by atoms with Crippen molar-refractivity contribution in [3.05, 3.63) is 50.5 Å². The molecule has 0 aliphatic carbocycles. The highest BCUT2D eigenvalue weighted by Gasteiger charge is 2.07. The monoisotopic (exact) mass is 296 g/mol. The minimum atomic E-state index is -0.228. The Balaban J connectivity index is 2.60. The molecule has 0 aliphatic rings. The van der Waals surface area contributed by atoms with Crippen LogP contribution >= 0.6 is 23.8 Å². The second-order valence-electron chi connectivity index (χ2n) is 3.98. The lowest BCUT2D eigenvalue weighted by atomic mass is 10.1. The topological polar surface area (TPSA) is 47.0 Å². The Hall–Kier alpha value is -1.43. The Kier molecular flexibility index (Phi) is 4.52. The maximum atomic E-state index is 11.6. The second-order valence-corrected chi connectivity index (χ2v) is 4.80. The number of aromatic nitrogens is 2. The van der Waals surface area contributed by atoms with Crippen LogP contribution in [0.1, 0.15) is 0 Å². The molecule has 0 saturated carbocycles. The molecule has 1 aromatic carbocycles. The number of nitrogens with one attached hydrogen (secondary N) is 1. The van der Waals surface area contributed by atoms with Gasteiger partial charge < -0.3 is 9.30 Å². The molecule has 0 amide bonds. The van der Waals surface area contributed by atoms with E-state index >= 15 is 0 Å². The number of rotatable bonds is 4. The smallest absolute Gasteiger partial charge is 0.252 e. The number of hydrogen-bond acceptors (Lipinski definition) is 3. The molecule has 0 atom stereocenters. The van der Waals surface area contributed by atoms with E-state index in [0.717, 1.165) is 11.3 Å². The van der Waals surface area contributed by atoms with Gasteiger partial charge in [-0.1, -0.05) is 23.7 Å². The fourth-order valence-corrected chi connectivity index (χ4v) is 2.29. The van der Waals surface area contributed by atoms with Crippen molar-refractivity contribution in [1.82, 2.24) is 9.55 Å². The van der Waals surface area contributed by atoms with Crippen LogP contribution in [0.5, 0.6) is 0 Å². The largest absolute Gasteiger partial charge is 0.383 e. The lowest BCUT2D eigenvalue weighted by Gasteiger charge is -2.13. The van der Waals surface area contributed by atoms with Crippen LogP contribution in [-0.4, -0.2) is 23.3 Å². The molecule has 1 N–H and O–H groups in total. The summed E-state index contributed by atoms with van der Waals surface area (Å²) in [5.41, 5.74) is 1.35. The molecule has 19 heavy (non-hydrogen) atoms. The van der Waals surface area contributed by atoms with Gasteiger partial charge in [0.2, 0.25) is 0 Å². The van der Waals surface area contributed by atoms with Crippen molar-refractivity contribution in [2.45, 2.75) is 6.54 Å². The van der Waals surface area contributed by atoms with Crippen molar-refractivity contribution >= 4 is 23.8 Å². The number of benzene rings is 1. The number of H-pyrrole nitrogens is 1. The van der Waals surface area contributed by atoms with E-state index in [-0.39, 0.29) is 5.56 Å². The zero-order valence-electron chi connectivity index (χ0n) is 10.4. The van der Waals surface area contributed by atoms with E-state index < -0.39 is 0 Å². The molecule has 0 aliphatic heterocycles. The molecule has 0 spiro atoms. The molecule has 2 rings (SSSR count). The molecular weight excluding hydrogens is 284 g/mol. The SMILES string of the molecule is COCCn1c(-c2cccc(Cl)c2)cc(=O)[nH]c1=S. The van der Waals surface area contributed by atoms with Gasteiger partial charge in [0.15, 0.2) is 4.77 Å². The molecule has 2 aromatic rings. The summed E-state index contributed by atoms with van der Waals surface area (Å²) in [5.74, 6) is 0. The zero-order valence-corrected chi connectivity index (χ0v) is 11.9. The Bertz CT molecular complexity index is 694. The maximum absolute atomic E-state index is 11.6. The average molecular weight is 297 g/mol. The minimum absolute atomic E-state index is 0.228. The van der Waals surface area contributed by atoms with Gasteiger partial charge in [0.25, 0.3) is 5.56 Å². The molecule has 100 valence electrons. The van der Waals surface area contributed by atoms with Crippen LogP contribution in [0, 0.1) is 4.77 Å². The van der Waals surface area contributed by atoms with Crippen molar-refractivity contribution in [2.75, 3.05) is 13.7 Å². The first-order chi connectivity index (χ1) is 9.11. The van der Waals surface area contributed by atoms with Gasteiger partial charge in [0, 0.05) is 24.7 Å². The molecule has 0 fully saturated rings. The lowest BCUT2D eigenvalue weighted by Crippen LogP contribution is -2.16. The zero-order chi connectivity index (χ0) is 13.8. The number of hydrogen-bond donors (Lipinski definition) is 1. The number of nitrogens with zero attached hydrogens (tertiary/aromatic N) is 1. The van der Waals surface area contributed by atoms with Gasteiger partial charge in [-0.2, -0.15) is 0 Å². The van der Waals surface area contributed by atoms with Crippen molar-refractivity contribution in [3.8, 4) is 11.3 Å². The van der Waals surface area contributed by atoms with Crippen LogP contribution in [0.3, 0.4) is 0 Å². The van der Waals surface area contributed by atoms with E-state index in [9.17, 15) is 4.79 Å². The third-order valence-electron chi connectivity index (χ3n) is 2.67. The standard InChI is InChI=1S/C13H13ClN2O2S/c1-18-6-5-16-11(8-12(17)15-13(16)19)9-3-2-4-10(14)7-9/h2-4,7-8H,5-6H2,1H3,(H,15,17,19). The normalized spacial score (nSPS) is 10.6. The van der Waals surface area contributed by atoms with Gasteiger partial charge in [-0.15, -0.1) is 0 Å². The van der Waals surface area contributed by atoms with Gasteiger partial charge in [-0.25, -0.2) is 0 Å². The summed E-state index contributed by atoms with van der Waals surface area (Å²) in [4.78, 5) is 14.2. The number of ether oxygens (including phenoxy) is 1. The minimum Gasteiger partial charge on any atom is -0.383 e. The Labute approximate surface area is 120 Å². The predicted octanol–water partition coefficient (Wildman–Crippen LogP) is 2.87. The van der Waals surface area contributed by atoms with Crippen molar-refractivity contribution in [1.29, 1.82) is 0 Å². The van der Waals surface area contributed by atoms with E-state index in [4.69, 9.17) is 28.6 Å². The summed E-state index contributed by atoms with van der Waals surface area (Å²) in [7, 11) is 1.62. The van der Waals surface area contributed by atoms with E-state index in [2.05, 4.69) is 4.98 Å². The van der Waals surface area contributed by atoms with Gasteiger partial charge in [-0.05, 0) is 29.9 Å². The summed E-state index contributed by atoms with van der Waals surface area (Å²) in [6, 6.07) is 8.82. The summed E-state index contributed by atoms with van der Waals surface area (Å²) >= 11 is 11.2. The summed E-state index contributed by atoms with van der Waals surface area (Å²) in [6.07, 6.45) is 0. The molecule has 0 saturated heterocycles. The molecule has 0 unspecified atom stereocenters. The molecule has 4 nitrogen and oxygen atoms in total. The van der Waals surface area contributed by atoms with Crippen LogP contribution in [0.25, 0.3) is 11.3 Å². The molecule has 0 bridgehead atoms. The number of methoxy groups -OCH3 is 1. The maximum Gasteiger partial charge on any atom is 0.252 e. The van der Waals surface area contributed by atoms with Crippen LogP contribution in [-0.2, 0) is 11.3 Å². The Morgan fingerprint density at radius 3 is 2.89 bits per heavy atom. The molecule has 1 aromatic heterocycles. The molecule has 1 heterocycles. The van der Waals surface area contributed by atoms with Crippen LogP contribution in [0.4, 0.5) is 0 Å². The molecular formula is C13H13ClN2O2S. The van der Waals surface area contributed by atoms with Gasteiger partial charge in [0.05, 0.1) is 12.3 Å². The Morgan fingerprint density at radius 2 is 2.21 bits per heavy atom. The van der Waals surface area contributed by atoms with Crippen LogP contribution in [0.2, 0.25) is 5.02 Å². The first kappa shape index (κ1) is 14.0. The third-order valence-corrected chi connectivity index (χ3v) is 3.23. The highest BCUT2D eigenvalue weighted by atomic mass is 35.5. The number of halogens is 1. The third kappa shape index (κ3) is 3.32. The van der Waals surface area contributed by atoms with Gasteiger partial charge in [0.1, 0.15) is 0 Å². The number of aromatic amines is 1. The quantitative estimate of drug-likeness (QED) is 0.883. The average Bonchev–Trinajstić information content (AvgIpc) is 2.37. The summed E-state index contributed by atoms with van der Waals surface area (Å²) < 4.78 is 7.26. The van der Waals surface area contributed by atoms with Gasteiger partial charge >= 0.3 is 0 Å². The van der Waals surface area contributed by atoms with Crippen LogP contribution in [0.15, 0.2) is 35.1 Å². The van der Waals surface area contributed by atoms with Crippen LogP contribution < -0.4 is 5.56 Å².